The van der Waals surface area contributed by atoms with Crippen molar-refractivity contribution >= 4 is 15.9 Å². The number of rotatable bonds is 5. The fourth-order valence-corrected chi connectivity index (χ4v) is 6.48. The van der Waals surface area contributed by atoms with Gasteiger partial charge in [0.15, 0.2) is 0 Å². The first kappa shape index (κ1) is 20.7. The molecule has 9 heteroatoms. The minimum atomic E-state index is -3.72. The Morgan fingerprint density at radius 2 is 1.72 bits per heavy atom. The Morgan fingerprint density at radius 1 is 1.03 bits per heavy atom. The second-order valence-corrected chi connectivity index (χ2v) is 10.2. The normalized spacial score (nSPS) is 29.2. The number of halogens is 1. The molecule has 1 amide bonds. The van der Waals surface area contributed by atoms with E-state index >= 15 is 0 Å². The van der Waals surface area contributed by atoms with E-state index in [-0.39, 0.29) is 35.0 Å². The van der Waals surface area contributed by atoms with Crippen molar-refractivity contribution in [2.24, 2.45) is 0 Å². The molecule has 2 heterocycles. The van der Waals surface area contributed by atoms with Gasteiger partial charge in [0.1, 0.15) is 11.9 Å². The average molecular weight is 425 g/mol. The molecule has 2 aliphatic heterocycles. The molecule has 0 spiro atoms. The Labute approximate surface area is 171 Å². The third-order valence-corrected chi connectivity index (χ3v) is 8.27. The number of carbonyl (C=O) groups excluding carboxylic acids is 1. The van der Waals surface area contributed by atoms with Gasteiger partial charge in [0, 0.05) is 24.7 Å². The maximum Gasteiger partial charge on any atom is 0.243 e. The zero-order chi connectivity index (χ0) is 20.4. The number of amides is 1. The minimum Gasteiger partial charge on any atom is -0.352 e. The first-order valence-electron chi connectivity index (χ1n) is 10.5. The smallest absolute Gasteiger partial charge is 0.243 e. The summed E-state index contributed by atoms with van der Waals surface area (Å²) in [7, 11) is -3.72. The monoisotopic (exact) mass is 424 g/mol. The van der Waals surface area contributed by atoms with Crippen molar-refractivity contribution in [2.75, 3.05) is 6.54 Å². The predicted molar refractivity (Wildman–Crippen MR) is 107 cm³/mol. The average Bonchev–Trinajstić information content (AvgIpc) is 3.40. The van der Waals surface area contributed by atoms with Crippen LogP contribution in [0.25, 0.3) is 0 Å². The second-order valence-electron chi connectivity index (χ2n) is 8.31. The van der Waals surface area contributed by atoms with Gasteiger partial charge in [-0.15, -0.1) is 0 Å². The zero-order valence-corrected chi connectivity index (χ0v) is 17.3. The van der Waals surface area contributed by atoms with Crippen LogP contribution in [0.2, 0.25) is 0 Å². The summed E-state index contributed by atoms with van der Waals surface area (Å²) in [6.07, 6.45) is 7.38. The highest BCUT2D eigenvalue weighted by molar-refractivity contribution is 7.89. The summed E-state index contributed by atoms with van der Waals surface area (Å²) in [5.41, 5.74) is 6.23. The lowest BCUT2D eigenvalue weighted by Crippen LogP contribution is -2.53. The van der Waals surface area contributed by atoms with Crippen LogP contribution in [0.4, 0.5) is 4.39 Å². The number of hydrogen-bond acceptors (Lipinski definition) is 5. The van der Waals surface area contributed by atoms with Gasteiger partial charge in [-0.25, -0.2) is 18.2 Å². The van der Waals surface area contributed by atoms with Crippen molar-refractivity contribution in [3.05, 3.63) is 30.1 Å². The molecular weight excluding hydrogens is 395 g/mol. The number of hydrogen-bond donors (Lipinski definition) is 3. The third kappa shape index (κ3) is 4.47. The molecule has 1 aliphatic carbocycles. The minimum absolute atomic E-state index is 0.0179. The van der Waals surface area contributed by atoms with Gasteiger partial charge in [0.2, 0.25) is 15.9 Å². The molecule has 1 saturated carbocycles. The van der Waals surface area contributed by atoms with E-state index in [4.69, 9.17) is 0 Å². The van der Waals surface area contributed by atoms with Crippen molar-refractivity contribution in [2.45, 2.75) is 80.4 Å². The van der Waals surface area contributed by atoms with Crippen molar-refractivity contribution in [3.8, 4) is 0 Å². The molecule has 4 rings (SSSR count). The van der Waals surface area contributed by atoms with E-state index < -0.39 is 15.8 Å². The van der Waals surface area contributed by atoms with Gasteiger partial charge >= 0.3 is 0 Å². The van der Waals surface area contributed by atoms with Crippen LogP contribution in [0.1, 0.15) is 51.4 Å². The molecule has 1 aromatic rings. The fraction of sp³-hybridized carbons (Fsp3) is 0.650. The molecule has 3 atom stereocenters. The number of carbonyl (C=O) groups is 1. The number of piperidine rings is 1. The van der Waals surface area contributed by atoms with Crippen LogP contribution in [-0.4, -0.2) is 49.3 Å². The standard InChI is InChI=1S/C20H29FN4O3S/c21-14-8-10-16(11-9-14)29(27,28)25-12-4-3-7-19(25)17-13-18(24-23-17)20(26)22-15-5-1-2-6-15/h8-11,15,17-19,23-24H,1-7,12-13H2,(H,22,26). The molecule has 3 N–H and O–H groups in total. The summed E-state index contributed by atoms with van der Waals surface area (Å²) in [4.78, 5) is 12.7. The van der Waals surface area contributed by atoms with Crippen LogP contribution in [0.3, 0.4) is 0 Å². The Balaban J connectivity index is 1.45. The number of nitrogens with one attached hydrogen (secondary N) is 3. The maximum absolute atomic E-state index is 13.2. The van der Waals surface area contributed by atoms with Gasteiger partial charge < -0.3 is 5.32 Å². The van der Waals surface area contributed by atoms with E-state index in [0.29, 0.717) is 13.0 Å². The van der Waals surface area contributed by atoms with Crippen LogP contribution in [0.15, 0.2) is 29.2 Å². The van der Waals surface area contributed by atoms with Gasteiger partial charge in [0.25, 0.3) is 0 Å². The van der Waals surface area contributed by atoms with Crippen LogP contribution < -0.4 is 16.2 Å². The first-order valence-corrected chi connectivity index (χ1v) is 12.0. The van der Waals surface area contributed by atoms with Gasteiger partial charge in [-0.05, 0) is 56.4 Å². The Hall–Kier alpha value is -1.55. The van der Waals surface area contributed by atoms with Crippen LogP contribution in [0, 0.1) is 5.82 Å². The zero-order valence-electron chi connectivity index (χ0n) is 16.4. The Bertz CT molecular complexity index is 827. The molecule has 0 aromatic heterocycles. The van der Waals surface area contributed by atoms with E-state index in [9.17, 15) is 17.6 Å². The van der Waals surface area contributed by atoms with Crippen molar-refractivity contribution in [1.82, 2.24) is 20.5 Å². The molecule has 7 nitrogen and oxygen atoms in total. The molecule has 0 bridgehead atoms. The van der Waals surface area contributed by atoms with Crippen LogP contribution in [0.5, 0.6) is 0 Å². The molecule has 3 unspecified atom stereocenters. The molecule has 3 aliphatic rings. The van der Waals surface area contributed by atoms with Crippen LogP contribution in [-0.2, 0) is 14.8 Å². The van der Waals surface area contributed by atoms with E-state index in [2.05, 4.69) is 16.2 Å². The lowest BCUT2D eigenvalue weighted by molar-refractivity contribution is -0.123. The molecule has 3 fully saturated rings. The molecule has 29 heavy (non-hydrogen) atoms. The van der Waals surface area contributed by atoms with Crippen molar-refractivity contribution in [3.63, 3.8) is 0 Å². The van der Waals surface area contributed by atoms with Gasteiger partial charge in [-0.3, -0.25) is 10.2 Å². The predicted octanol–water partition coefficient (Wildman–Crippen LogP) is 1.66. The molecule has 1 aromatic carbocycles. The number of benzene rings is 1. The summed E-state index contributed by atoms with van der Waals surface area (Å²) >= 11 is 0. The maximum atomic E-state index is 13.2. The van der Waals surface area contributed by atoms with Gasteiger partial charge in [-0.1, -0.05) is 19.3 Å². The van der Waals surface area contributed by atoms with Gasteiger partial charge in [-0.2, -0.15) is 4.31 Å². The van der Waals surface area contributed by atoms with Crippen molar-refractivity contribution in [1.29, 1.82) is 0 Å². The topological polar surface area (TPSA) is 90.5 Å². The molecule has 2 saturated heterocycles. The summed E-state index contributed by atoms with van der Waals surface area (Å²) in [5, 5.41) is 3.11. The number of sulfonamides is 1. The van der Waals surface area contributed by atoms with Crippen LogP contribution >= 0.6 is 0 Å². The summed E-state index contributed by atoms with van der Waals surface area (Å²) in [6, 6.07) is 4.48. The number of nitrogens with zero attached hydrogens (tertiary/aromatic N) is 1. The van der Waals surface area contributed by atoms with Crippen molar-refractivity contribution < 1.29 is 17.6 Å². The summed E-state index contributed by atoms with van der Waals surface area (Å²) in [6.45, 7) is 0.432. The largest absolute Gasteiger partial charge is 0.352 e. The summed E-state index contributed by atoms with van der Waals surface area (Å²) in [5.74, 6) is -0.479. The van der Waals surface area contributed by atoms with Gasteiger partial charge in [0.05, 0.1) is 4.90 Å². The highest BCUT2D eigenvalue weighted by atomic mass is 32.2. The van der Waals surface area contributed by atoms with E-state index in [1.54, 1.807) is 0 Å². The fourth-order valence-electron chi connectivity index (χ4n) is 4.75. The Kier molecular flexibility index (Phi) is 6.19. The lowest BCUT2D eigenvalue weighted by Gasteiger charge is -2.37. The van der Waals surface area contributed by atoms with E-state index in [1.165, 1.54) is 28.6 Å². The highest BCUT2D eigenvalue weighted by Crippen LogP contribution is 2.29. The Morgan fingerprint density at radius 3 is 2.45 bits per heavy atom. The SMILES string of the molecule is O=C(NC1CCCC1)C1CC(C2CCCCN2S(=O)(=O)c2ccc(F)cc2)NN1. The molecule has 160 valence electrons. The van der Waals surface area contributed by atoms with E-state index in [0.717, 1.165) is 44.9 Å². The third-order valence-electron chi connectivity index (χ3n) is 6.33. The highest BCUT2D eigenvalue weighted by Gasteiger charge is 2.42. The lowest BCUT2D eigenvalue weighted by atomic mass is 9.95. The number of hydrazine groups is 1. The molecule has 0 radical (unpaired) electrons. The van der Waals surface area contributed by atoms with E-state index in [1.807, 2.05) is 0 Å². The molecular formula is C20H29FN4O3S. The quantitative estimate of drug-likeness (QED) is 0.669. The summed E-state index contributed by atoms with van der Waals surface area (Å²) < 4.78 is 41.1. The second kappa shape index (κ2) is 8.67. The first-order chi connectivity index (χ1) is 13.9.